The highest BCUT2D eigenvalue weighted by Gasteiger charge is 2.24. The van der Waals surface area contributed by atoms with Crippen molar-refractivity contribution < 1.29 is 0 Å². The summed E-state index contributed by atoms with van der Waals surface area (Å²) in [7, 11) is 0. The fourth-order valence-electron chi connectivity index (χ4n) is 2.91. The summed E-state index contributed by atoms with van der Waals surface area (Å²) in [5.74, 6) is 0.703. The van der Waals surface area contributed by atoms with Crippen LogP contribution in [0, 0.1) is 17.2 Å². The molecule has 1 heterocycles. The number of hydrogen-bond acceptors (Lipinski definition) is 3. The van der Waals surface area contributed by atoms with E-state index in [1.54, 1.807) is 0 Å². The Labute approximate surface area is 122 Å². The first-order chi connectivity index (χ1) is 9.72. The zero-order valence-corrected chi connectivity index (χ0v) is 12.6. The van der Waals surface area contributed by atoms with Gasteiger partial charge in [-0.1, -0.05) is 32.0 Å². The van der Waals surface area contributed by atoms with Crippen molar-refractivity contribution in [3.63, 3.8) is 0 Å². The molecule has 0 radical (unpaired) electrons. The van der Waals surface area contributed by atoms with Crippen molar-refractivity contribution in [1.29, 1.82) is 5.26 Å². The molecule has 0 unspecified atom stereocenters. The standard InChI is InChI=1S/C17H25N3/c1-14(2)7-8-17(20-11-9-19-10-12-20)16-6-4-3-5-15(16)13-18/h3-6,14,17,19H,7-12H2,1-2H3/t17-/m0/s1. The van der Waals surface area contributed by atoms with Crippen LogP contribution in [0.3, 0.4) is 0 Å². The Balaban J connectivity index is 2.22. The lowest BCUT2D eigenvalue weighted by atomic mass is 9.93. The number of nitriles is 1. The molecule has 1 aromatic carbocycles. The van der Waals surface area contributed by atoms with Crippen molar-refractivity contribution in [1.82, 2.24) is 10.2 Å². The average Bonchev–Trinajstić information content (AvgIpc) is 2.49. The number of benzene rings is 1. The van der Waals surface area contributed by atoms with Crippen LogP contribution in [-0.2, 0) is 0 Å². The van der Waals surface area contributed by atoms with E-state index in [0.717, 1.165) is 38.2 Å². The van der Waals surface area contributed by atoms with Crippen LogP contribution in [0.5, 0.6) is 0 Å². The lowest BCUT2D eigenvalue weighted by Gasteiger charge is -2.36. The van der Waals surface area contributed by atoms with Gasteiger partial charge in [-0.3, -0.25) is 4.90 Å². The molecule has 0 saturated carbocycles. The highest BCUT2D eigenvalue weighted by Crippen LogP contribution is 2.29. The molecule has 1 N–H and O–H groups in total. The minimum Gasteiger partial charge on any atom is -0.314 e. The van der Waals surface area contributed by atoms with E-state index in [2.05, 4.69) is 42.3 Å². The maximum atomic E-state index is 9.36. The normalized spacial score (nSPS) is 17.9. The molecule has 1 fully saturated rings. The second kappa shape index (κ2) is 7.42. The number of nitrogens with zero attached hydrogens (tertiary/aromatic N) is 2. The van der Waals surface area contributed by atoms with Gasteiger partial charge in [-0.2, -0.15) is 5.26 Å². The summed E-state index contributed by atoms with van der Waals surface area (Å²) in [5.41, 5.74) is 2.04. The molecule has 3 nitrogen and oxygen atoms in total. The topological polar surface area (TPSA) is 39.1 Å². The molecule has 1 aliphatic heterocycles. The van der Waals surface area contributed by atoms with Crippen LogP contribution in [-0.4, -0.2) is 31.1 Å². The maximum Gasteiger partial charge on any atom is 0.0995 e. The maximum absolute atomic E-state index is 9.36. The van der Waals surface area contributed by atoms with Gasteiger partial charge >= 0.3 is 0 Å². The third-order valence-corrected chi connectivity index (χ3v) is 4.05. The Morgan fingerprint density at radius 2 is 1.90 bits per heavy atom. The van der Waals surface area contributed by atoms with E-state index >= 15 is 0 Å². The van der Waals surface area contributed by atoms with E-state index < -0.39 is 0 Å². The molecule has 20 heavy (non-hydrogen) atoms. The van der Waals surface area contributed by atoms with Crippen LogP contribution in [0.15, 0.2) is 24.3 Å². The SMILES string of the molecule is CC(C)CC[C@@H](c1ccccc1C#N)N1CCNCC1. The lowest BCUT2D eigenvalue weighted by Crippen LogP contribution is -2.45. The largest absolute Gasteiger partial charge is 0.314 e. The van der Waals surface area contributed by atoms with Crippen LogP contribution < -0.4 is 5.32 Å². The van der Waals surface area contributed by atoms with Gasteiger partial charge in [-0.05, 0) is 30.4 Å². The van der Waals surface area contributed by atoms with E-state index in [9.17, 15) is 5.26 Å². The van der Waals surface area contributed by atoms with Gasteiger partial charge in [0.1, 0.15) is 0 Å². The summed E-state index contributed by atoms with van der Waals surface area (Å²) in [6.07, 6.45) is 2.34. The average molecular weight is 271 g/mol. The van der Waals surface area contributed by atoms with Gasteiger partial charge in [-0.25, -0.2) is 0 Å². The number of hydrogen-bond donors (Lipinski definition) is 1. The molecule has 0 aromatic heterocycles. The number of rotatable bonds is 5. The molecule has 2 rings (SSSR count). The van der Waals surface area contributed by atoms with Crippen molar-refractivity contribution in [2.45, 2.75) is 32.7 Å². The molecular formula is C17H25N3. The van der Waals surface area contributed by atoms with Crippen LogP contribution in [0.2, 0.25) is 0 Å². The fraction of sp³-hybridized carbons (Fsp3) is 0.588. The van der Waals surface area contributed by atoms with Crippen molar-refractivity contribution in [3.8, 4) is 6.07 Å². The number of piperazine rings is 1. The molecule has 108 valence electrons. The highest BCUT2D eigenvalue weighted by molar-refractivity contribution is 5.39. The van der Waals surface area contributed by atoms with Crippen molar-refractivity contribution in [2.24, 2.45) is 5.92 Å². The van der Waals surface area contributed by atoms with Gasteiger partial charge < -0.3 is 5.32 Å². The van der Waals surface area contributed by atoms with Gasteiger partial charge in [0.05, 0.1) is 11.6 Å². The zero-order chi connectivity index (χ0) is 14.4. The van der Waals surface area contributed by atoms with E-state index in [1.165, 1.54) is 12.0 Å². The van der Waals surface area contributed by atoms with E-state index in [-0.39, 0.29) is 0 Å². The van der Waals surface area contributed by atoms with E-state index in [4.69, 9.17) is 0 Å². The van der Waals surface area contributed by atoms with Gasteiger partial charge in [0.2, 0.25) is 0 Å². The number of nitrogens with one attached hydrogen (secondary N) is 1. The summed E-state index contributed by atoms with van der Waals surface area (Å²) in [6, 6.07) is 10.8. The molecule has 3 heteroatoms. The highest BCUT2D eigenvalue weighted by atomic mass is 15.2. The molecule has 1 atom stereocenters. The van der Waals surface area contributed by atoms with Crippen LogP contribution in [0.25, 0.3) is 0 Å². The van der Waals surface area contributed by atoms with Gasteiger partial charge in [-0.15, -0.1) is 0 Å². The van der Waals surface area contributed by atoms with Crippen molar-refractivity contribution >= 4 is 0 Å². The Morgan fingerprint density at radius 3 is 2.55 bits per heavy atom. The van der Waals surface area contributed by atoms with E-state index in [0.29, 0.717) is 12.0 Å². The third kappa shape index (κ3) is 3.82. The minimum atomic E-state index is 0.385. The quantitative estimate of drug-likeness (QED) is 0.895. The monoisotopic (exact) mass is 271 g/mol. The summed E-state index contributed by atoms with van der Waals surface area (Å²) in [5, 5.41) is 12.8. The summed E-state index contributed by atoms with van der Waals surface area (Å²) in [6.45, 7) is 8.78. The Bertz CT molecular complexity index is 456. The fourth-order valence-corrected chi connectivity index (χ4v) is 2.91. The summed E-state index contributed by atoms with van der Waals surface area (Å²) < 4.78 is 0. The molecule has 1 aliphatic rings. The van der Waals surface area contributed by atoms with E-state index in [1.807, 2.05) is 12.1 Å². The Hall–Kier alpha value is -1.37. The second-order valence-electron chi connectivity index (χ2n) is 5.97. The Morgan fingerprint density at radius 1 is 1.20 bits per heavy atom. The summed E-state index contributed by atoms with van der Waals surface area (Å²) in [4.78, 5) is 2.54. The first-order valence-corrected chi connectivity index (χ1v) is 7.66. The van der Waals surface area contributed by atoms with Gasteiger partial charge in [0.25, 0.3) is 0 Å². The Kier molecular flexibility index (Phi) is 5.58. The smallest absolute Gasteiger partial charge is 0.0995 e. The molecule has 0 amide bonds. The molecular weight excluding hydrogens is 246 g/mol. The van der Waals surface area contributed by atoms with Gasteiger partial charge in [0.15, 0.2) is 0 Å². The van der Waals surface area contributed by atoms with Crippen molar-refractivity contribution in [2.75, 3.05) is 26.2 Å². The predicted molar refractivity (Wildman–Crippen MR) is 82.4 cm³/mol. The van der Waals surface area contributed by atoms with Crippen molar-refractivity contribution in [3.05, 3.63) is 35.4 Å². The first-order valence-electron chi connectivity index (χ1n) is 7.66. The lowest BCUT2D eigenvalue weighted by molar-refractivity contribution is 0.159. The third-order valence-electron chi connectivity index (χ3n) is 4.05. The van der Waals surface area contributed by atoms with Gasteiger partial charge in [0, 0.05) is 32.2 Å². The molecule has 0 spiro atoms. The summed E-state index contributed by atoms with van der Waals surface area (Å²) >= 11 is 0. The molecule has 0 aliphatic carbocycles. The van der Waals surface area contributed by atoms with Crippen LogP contribution >= 0.6 is 0 Å². The zero-order valence-electron chi connectivity index (χ0n) is 12.6. The molecule has 0 bridgehead atoms. The molecule has 1 saturated heterocycles. The van der Waals surface area contributed by atoms with Crippen LogP contribution in [0.1, 0.15) is 43.9 Å². The predicted octanol–water partition coefficient (Wildman–Crippen LogP) is 2.94. The van der Waals surface area contributed by atoms with Crippen LogP contribution in [0.4, 0.5) is 0 Å². The second-order valence-corrected chi connectivity index (χ2v) is 5.97. The molecule has 1 aromatic rings. The first kappa shape index (κ1) is 15.0. The minimum absolute atomic E-state index is 0.385.